The summed E-state index contributed by atoms with van der Waals surface area (Å²) < 4.78 is 5.27. The van der Waals surface area contributed by atoms with Crippen LogP contribution >= 0.6 is 0 Å². The standard InChI is InChI=1S/C14H15N3O2/c18-14(16-10-5-7-19-8-6-10)13-9-15-11-3-1-2-4-12(11)17-13/h1-4,9-10H,5-8H2,(H,16,18). The average Bonchev–Trinajstić information content (AvgIpc) is 2.48. The molecule has 1 saturated heterocycles. The molecule has 0 saturated carbocycles. The number of amides is 1. The van der Waals surface area contributed by atoms with Crippen molar-refractivity contribution >= 4 is 16.9 Å². The fourth-order valence-corrected chi connectivity index (χ4v) is 2.17. The van der Waals surface area contributed by atoms with Crippen molar-refractivity contribution in [2.24, 2.45) is 0 Å². The summed E-state index contributed by atoms with van der Waals surface area (Å²) in [5, 5.41) is 2.98. The fraction of sp³-hybridized carbons (Fsp3) is 0.357. The molecule has 1 fully saturated rings. The van der Waals surface area contributed by atoms with Gasteiger partial charge in [-0.25, -0.2) is 4.98 Å². The summed E-state index contributed by atoms with van der Waals surface area (Å²) in [4.78, 5) is 20.7. The van der Waals surface area contributed by atoms with Crippen LogP contribution in [0.25, 0.3) is 11.0 Å². The summed E-state index contributed by atoms with van der Waals surface area (Å²) in [7, 11) is 0. The molecule has 2 aromatic rings. The highest BCUT2D eigenvalue weighted by Crippen LogP contribution is 2.10. The van der Waals surface area contributed by atoms with Gasteiger partial charge in [0.2, 0.25) is 0 Å². The van der Waals surface area contributed by atoms with Gasteiger partial charge in [0, 0.05) is 19.3 Å². The van der Waals surface area contributed by atoms with E-state index in [0.717, 1.165) is 23.9 Å². The third-order valence-electron chi connectivity index (χ3n) is 3.24. The zero-order valence-electron chi connectivity index (χ0n) is 10.5. The lowest BCUT2D eigenvalue weighted by Gasteiger charge is -2.22. The second kappa shape index (κ2) is 5.32. The number of para-hydroxylation sites is 2. The molecule has 1 aromatic heterocycles. The Hall–Kier alpha value is -2.01. The number of carbonyl (C=O) groups excluding carboxylic acids is 1. The van der Waals surface area contributed by atoms with Gasteiger partial charge in [-0.3, -0.25) is 9.78 Å². The van der Waals surface area contributed by atoms with Crippen LogP contribution in [0.1, 0.15) is 23.3 Å². The Labute approximate surface area is 111 Å². The highest BCUT2D eigenvalue weighted by Gasteiger charge is 2.18. The number of benzene rings is 1. The summed E-state index contributed by atoms with van der Waals surface area (Å²) in [5.74, 6) is -0.162. The molecule has 2 heterocycles. The van der Waals surface area contributed by atoms with Crippen molar-refractivity contribution in [3.8, 4) is 0 Å². The van der Waals surface area contributed by atoms with E-state index in [1.807, 2.05) is 24.3 Å². The van der Waals surface area contributed by atoms with E-state index in [4.69, 9.17) is 4.74 Å². The first-order chi connectivity index (χ1) is 9.33. The van der Waals surface area contributed by atoms with Crippen LogP contribution < -0.4 is 5.32 Å². The maximum absolute atomic E-state index is 12.1. The quantitative estimate of drug-likeness (QED) is 0.886. The largest absolute Gasteiger partial charge is 0.381 e. The maximum Gasteiger partial charge on any atom is 0.271 e. The maximum atomic E-state index is 12.1. The van der Waals surface area contributed by atoms with Crippen molar-refractivity contribution in [1.82, 2.24) is 15.3 Å². The predicted octanol–water partition coefficient (Wildman–Crippen LogP) is 1.54. The third-order valence-corrected chi connectivity index (χ3v) is 3.24. The molecule has 0 unspecified atom stereocenters. The number of nitrogens with zero attached hydrogens (tertiary/aromatic N) is 2. The highest BCUT2D eigenvalue weighted by atomic mass is 16.5. The van der Waals surface area contributed by atoms with Crippen molar-refractivity contribution in [3.05, 3.63) is 36.2 Å². The van der Waals surface area contributed by atoms with Gasteiger partial charge in [-0.2, -0.15) is 0 Å². The Balaban J connectivity index is 1.77. The summed E-state index contributed by atoms with van der Waals surface area (Å²) in [5.41, 5.74) is 1.90. The molecule has 19 heavy (non-hydrogen) atoms. The van der Waals surface area contributed by atoms with Crippen molar-refractivity contribution in [2.75, 3.05) is 13.2 Å². The molecule has 0 bridgehead atoms. The van der Waals surface area contributed by atoms with E-state index in [-0.39, 0.29) is 11.9 Å². The van der Waals surface area contributed by atoms with Gasteiger partial charge >= 0.3 is 0 Å². The van der Waals surface area contributed by atoms with E-state index in [0.29, 0.717) is 18.9 Å². The second-order valence-electron chi connectivity index (χ2n) is 4.60. The van der Waals surface area contributed by atoms with Crippen LogP contribution in [0.4, 0.5) is 0 Å². The fourth-order valence-electron chi connectivity index (χ4n) is 2.17. The van der Waals surface area contributed by atoms with E-state index in [1.165, 1.54) is 6.20 Å². The zero-order valence-corrected chi connectivity index (χ0v) is 10.5. The Morgan fingerprint density at radius 1 is 1.21 bits per heavy atom. The molecular weight excluding hydrogens is 242 g/mol. The Morgan fingerprint density at radius 2 is 1.95 bits per heavy atom. The van der Waals surface area contributed by atoms with E-state index >= 15 is 0 Å². The van der Waals surface area contributed by atoms with Crippen LogP contribution in [0, 0.1) is 0 Å². The van der Waals surface area contributed by atoms with Crippen LogP contribution in [0.15, 0.2) is 30.5 Å². The molecule has 1 aliphatic heterocycles. The number of aromatic nitrogens is 2. The van der Waals surface area contributed by atoms with E-state index < -0.39 is 0 Å². The number of fused-ring (bicyclic) bond motifs is 1. The first-order valence-electron chi connectivity index (χ1n) is 6.43. The summed E-state index contributed by atoms with van der Waals surface area (Å²) in [6.45, 7) is 1.41. The Bertz CT molecular complexity index is 594. The van der Waals surface area contributed by atoms with Crippen LogP contribution in [0.2, 0.25) is 0 Å². The molecule has 5 heteroatoms. The summed E-state index contributed by atoms with van der Waals surface area (Å²) in [6, 6.07) is 7.70. The lowest BCUT2D eigenvalue weighted by Crippen LogP contribution is -2.39. The predicted molar refractivity (Wildman–Crippen MR) is 70.8 cm³/mol. The van der Waals surface area contributed by atoms with Gasteiger partial charge in [0.15, 0.2) is 0 Å². The Morgan fingerprint density at radius 3 is 2.74 bits per heavy atom. The van der Waals surface area contributed by atoms with Gasteiger partial charge in [0.1, 0.15) is 5.69 Å². The average molecular weight is 257 g/mol. The zero-order chi connectivity index (χ0) is 13.1. The number of rotatable bonds is 2. The molecule has 0 spiro atoms. The number of nitrogens with one attached hydrogen (secondary N) is 1. The van der Waals surface area contributed by atoms with Crippen molar-refractivity contribution < 1.29 is 9.53 Å². The van der Waals surface area contributed by atoms with Gasteiger partial charge in [-0.15, -0.1) is 0 Å². The summed E-state index contributed by atoms with van der Waals surface area (Å²) in [6.07, 6.45) is 3.23. The molecule has 1 aromatic carbocycles. The van der Waals surface area contributed by atoms with Gasteiger partial charge in [0.05, 0.1) is 17.2 Å². The van der Waals surface area contributed by atoms with Gasteiger partial charge < -0.3 is 10.1 Å². The number of hydrogen-bond acceptors (Lipinski definition) is 4. The molecule has 0 aliphatic carbocycles. The molecule has 3 rings (SSSR count). The number of carbonyl (C=O) groups is 1. The SMILES string of the molecule is O=C(NC1CCOCC1)c1cnc2ccccc2n1. The van der Waals surface area contributed by atoms with E-state index in [1.54, 1.807) is 0 Å². The van der Waals surface area contributed by atoms with Crippen molar-refractivity contribution in [3.63, 3.8) is 0 Å². The lowest BCUT2D eigenvalue weighted by molar-refractivity contribution is 0.0694. The lowest BCUT2D eigenvalue weighted by atomic mass is 10.1. The van der Waals surface area contributed by atoms with E-state index in [9.17, 15) is 4.79 Å². The number of hydrogen-bond donors (Lipinski definition) is 1. The molecule has 0 atom stereocenters. The first-order valence-corrected chi connectivity index (χ1v) is 6.43. The van der Waals surface area contributed by atoms with Crippen molar-refractivity contribution in [2.45, 2.75) is 18.9 Å². The van der Waals surface area contributed by atoms with Crippen LogP contribution in [-0.2, 0) is 4.74 Å². The smallest absolute Gasteiger partial charge is 0.271 e. The minimum Gasteiger partial charge on any atom is -0.381 e. The minimum atomic E-state index is -0.162. The van der Waals surface area contributed by atoms with Crippen LogP contribution in [0.5, 0.6) is 0 Å². The second-order valence-corrected chi connectivity index (χ2v) is 4.60. The minimum absolute atomic E-state index is 0.162. The normalized spacial score (nSPS) is 16.4. The molecule has 5 nitrogen and oxygen atoms in total. The van der Waals surface area contributed by atoms with Gasteiger partial charge in [-0.05, 0) is 25.0 Å². The monoisotopic (exact) mass is 257 g/mol. The summed E-state index contributed by atoms with van der Waals surface area (Å²) >= 11 is 0. The van der Waals surface area contributed by atoms with Gasteiger partial charge in [-0.1, -0.05) is 12.1 Å². The first kappa shape index (κ1) is 12.0. The highest BCUT2D eigenvalue weighted by molar-refractivity contribution is 5.93. The van der Waals surface area contributed by atoms with Crippen LogP contribution in [0.3, 0.4) is 0 Å². The van der Waals surface area contributed by atoms with Crippen LogP contribution in [-0.4, -0.2) is 35.1 Å². The number of ether oxygens (including phenoxy) is 1. The molecular formula is C14H15N3O2. The van der Waals surface area contributed by atoms with Gasteiger partial charge in [0.25, 0.3) is 5.91 Å². The molecule has 98 valence electrons. The molecule has 1 amide bonds. The topological polar surface area (TPSA) is 64.1 Å². The third kappa shape index (κ3) is 2.71. The van der Waals surface area contributed by atoms with Crippen molar-refractivity contribution in [1.29, 1.82) is 0 Å². The molecule has 0 radical (unpaired) electrons. The van der Waals surface area contributed by atoms with E-state index in [2.05, 4.69) is 15.3 Å². The molecule has 1 aliphatic rings. The molecule has 1 N–H and O–H groups in total. The Kier molecular flexibility index (Phi) is 3.37.